The van der Waals surface area contributed by atoms with Gasteiger partial charge in [0.2, 0.25) is 0 Å². The van der Waals surface area contributed by atoms with E-state index < -0.39 is 17.7 Å². The summed E-state index contributed by atoms with van der Waals surface area (Å²) >= 11 is 7.51. The molecule has 0 unspecified atom stereocenters. The molecule has 0 radical (unpaired) electrons. The summed E-state index contributed by atoms with van der Waals surface area (Å²) in [5.41, 5.74) is 1.62. The number of nitrogens with one attached hydrogen (secondary N) is 1. The van der Waals surface area contributed by atoms with Crippen LogP contribution >= 0.6 is 22.9 Å². The van der Waals surface area contributed by atoms with Gasteiger partial charge in [-0.2, -0.15) is 13.2 Å². The Morgan fingerprint density at radius 2 is 1.81 bits per heavy atom. The van der Waals surface area contributed by atoms with E-state index in [1.54, 1.807) is 12.1 Å². The Balaban J connectivity index is 1.72. The van der Waals surface area contributed by atoms with Gasteiger partial charge in [0.05, 0.1) is 24.1 Å². The van der Waals surface area contributed by atoms with Crippen LogP contribution < -0.4 is 10.1 Å². The van der Waals surface area contributed by atoms with Crippen molar-refractivity contribution in [3.05, 3.63) is 74.4 Å². The molecule has 0 fully saturated rings. The zero-order chi connectivity index (χ0) is 26.5. The average molecular weight is 540 g/mol. The van der Waals surface area contributed by atoms with Crippen LogP contribution in [0.4, 0.5) is 13.2 Å². The molecule has 2 aromatic carbocycles. The van der Waals surface area contributed by atoms with Crippen molar-refractivity contribution in [1.29, 1.82) is 0 Å². The van der Waals surface area contributed by atoms with E-state index in [1.165, 1.54) is 30.6 Å². The quantitative estimate of drug-likeness (QED) is 0.292. The lowest BCUT2D eigenvalue weighted by Crippen LogP contribution is -2.25. The first-order valence-electron chi connectivity index (χ1n) is 11.1. The highest BCUT2D eigenvalue weighted by Crippen LogP contribution is 2.37. The predicted octanol–water partition coefficient (Wildman–Crippen LogP) is 7.22. The number of rotatable bonds is 9. The standard InChI is InChI=1S/C26H25ClF3NO4S/c1-4-21(22-14-20(27)24(36-22)25(33)31-12-11-23(32)34-3)35-18-9-10-19(15(2)13-18)16-5-7-17(8-6-16)26(28,29)30/h5-10,13-14,21H,4,11-12H2,1-3H3,(H,31,33)/t21-/m1/s1. The molecule has 1 N–H and O–H groups in total. The third-order valence-electron chi connectivity index (χ3n) is 5.44. The van der Waals surface area contributed by atoms with Crippen LogP contribution in [0, 0.1) is 6.92 Å². The van der Waals surface area contributed by atoms with E-state index >= 15 is 0 Å². The predicted molar refractivity (Wildman–Crippen MR) is 134 cm³/mol. The van der Waals surface area contributed by atoms with Gasteiger partial charge in [-0.3, -0.25) is 9.59 Å². The number of carbonyl (C=O) groups is 2. The number of alkyl halides is 3. The number of carbonyl (C=O) groups excluding carboxylic acids is 2. The normalized spacial score (nSPS) is 12.2. The van der Waals surface area contributed by atoms with Crippen molar-refractivity contribution in [2.45, 2.75) is 39.0 Å². The minimum atomic E-state index is -4.38. The number of benzene rings is 2. The number of ether oxygens (including phenoxy) is 2. The van der Waals surface area contributed by atoms with Crippen molar-refractivity contribution in [3.63, 3.8) is 0 Å². The van der Waals surface area contributed by atoms with Crippen molar-refractivity contribution >= 4 is 34.8 Å². The first kappa shape index (κ1) is 27.5. The Morgan fingerprint density at radius 3 is 2.39 bits per heavy atom. The number of halogens is 4. The van der Waals surface area contributed by atoms with Gasteiger partial charge in [0, 0.05) is 11.4 Å². The Bertz CT molecular complexity index is 1220. The Labute approximate surface area is 216 Å². The molecule has 0 saturated carbocycles. The van der Waals surface area contributed by atoms with Crippen molar-refractivity contribution in [2.75, 3.05) is 13.7 Å². The maximum atomic E-state index is 12.9. The summed E-state index contributed by atoms with van der Waals surface area (Å²) in [5.74, 6) is -0.220. The summed E-state index contributed by atoms with van der Waals surface area (Å²) in [5, 5.41) is 2.94. The topological polar surface area (TPSA) is 64.6 Å². The molecule has 1 aromatic heterocycles. The number of aryl methyl sites for hydroxylation is 1. The number of thiophene rings is 1. The number of hydrogen-bond acceptors (Lipinski definition) is 5. The first-order chi connectivity index (χ1) is 17.0. The third-order valence-corrected chi connectivity index (χ3v) is 7.08. The van der Waals surface area contributed by atoms with E-state index in [9.17, 15) is 22.8 Å². The summed E-state index contributed by atoms with van der Waals surface area (Å²) in [7, 11) is 1.28. The van der Waals surface area contributed by atoms with Gasteiger partial charge in [0.25, 0.3) is 5.91 Å². The Hall–Kier alpha value is -3.04. The molecule has 5 nitrogen and oxygen atoms in total. The summed E-state index contributed by atoms with van der Waals surface area (Å²) in [6, 6.07) is 12.1. The minimum Gasteiger partial charge on any atom is -0.485 e. The second-order valence-electron chi connectivity index (χ2n) is 7.97. The zero-order valence-corrected chi connectivity index (χ0v) is 21.4. The van der Waals surface area contributed by atoms with Crippen LogP contribution in [0.15, 0.2) is 48.5 Å². The lowest BCUT2D eigenvalue weighted by Gasteiger charge is -2.18. The van der Waals surface area contributed by atoms with Gasteiger partial charge in [-0.15, -0.1) is 11.3 Å². The maximum Gasteiger partial charge on any atom is 0.416 e. The second kappa shape index (κ2) is 11.8. The Kier molecular flexibility index (Phi) is 9.03. The highest BCUT2D eigenvalue weighted by Gasteiger charge is 2.30. The molecule has 0 saturated heterocycles. The van der Waals surface area contributed by atoms with Gasteiger partial charge in [-0.25, -0.2) is 0 Å². The summed E-state index contributed by atoms with van der Waals surface area (Å²) in [6.45, 7) is 3.94. The molecule has 0 spiro atoms. The van der Waals surface area contributed by atoms with Crippen molar-refractivity contribution in [3.8, 4) is 16.9 Å². The van der Waals surface area contributed by atoms with Crippen molar-refractivity contribution in [2.24, 2.45) is 0 Å². The largest absolute Gasteiger partial charge is 0.485 e. The molecule has 0 bridgehead atoms. The molecule has 1 amide bonds. The smallest absolute Gasteiger partial charge is 0.416 e. The highest BCUT2D eigenvalue weighted by atomic mass is 35.5. The van der Waals surface area contributed by atoms with Gasteiger partial charge in [-0.05, 0) is 60.4 Å². The van der Waals surface area contributed by atoms with E-state index in [-0.39, 0.29) is 25.0 Å². The number of amides is 1. The van der Waals surface area contributed by atoms with Crippen LogP contribution in [0.5, 0.6) is 5.75 Å². The molecule has 3 rings (SSSR count). The molecular weight excluding hydrogens is 515 g/mol. The fraction of sp³-hybridized carbons (Fsp3) is 0.308. The van der Waals surface area contributed by atoms with E-state index in [1.807, 2.05) is 26.0 Å². The van der Waals surface area contributed by atoms with Gasteiger partial charge in [-0.1, -0.05) is 36.7 Å². The molecule has 3 aromatic rings. The first-order valence-corrected chi connectivity index (χ1v) is 12.3. The molecular formula is C26H25ClF3NO4S. The van der Waals surface area contributed by atoms with Crippen LogP contribution in [-0.2, 0) is 15.7 Å². The van der Waals surface area contributed by atoms with Gasteiger partial charge in [0.15, 0.2) is 0 Å². The lowest BCUT2D eigenvalue weighted by atomic mass is 9.99. The maximum absolute atomic E-state index is 12.9. The molecule has 0 aliphatic heterocycles. The fourth-order valence-electron chi connectivity index (χ4n) is 3.54. The van der Waals surface area contributed by atoms with E-state index in [4.69, 9.17) is 16.3 Å². The molecule has 192 valence electrons. The zero-order valence-electron chi connectivity index (χ0n) is 19.9. The van der Waals surface area contributed by atoms with E-state index in [0.29, 0.717) is 27.6 Å². The summed E-state index contributed by atoms with van der Waals surface area (Å²) in [4.78, 5) is 24.8. The number of methoxy groups -OCH3 is 1. The molecule has 1 atom stereocenters. The molecule has 1 heterocycles. The molecule has 0 aliphatic rings. The van der Waals surface area contributed by atoms with E-state index in [2.05, 4.69) is 10.1 Å². The lowest BCUT2D eigenvalue weighted by molar-refractivity contribution is -0.140. The monoisotopic (exact) mass is 539 g/mol. The van der Waals surface area contributed by atoms with Crippen LogP contribution in [0.2, 0.25) is 5.02 Å². The third kappa shape index (κ3) is 6.79. The van der Waals surface area contributed by atoms with Gasteiger partial charge in [0.1, 0.15) is 16.7 Å². The number of esters is 1. The SMILES string of the molecule is CC[C@@H](Oc1ccc(-c2ccc(C(F)(F)F)cc2)c(C)c1)c1cc(Cl)c(C(=O)NCCC(=O)OC)s1. The summed E-state index contributed by atoms with van der Waals surface area (Å²) < 4.78 is 49.3. The van der Waals surface area contributed by atoms with Crippen LogP contribution in [0.3, 0.4) is 0 Å². The van der Waals surface area contributed by atoms with Crippen LogP contribution in [-0.4, -0.2) is 25.5 Å². The minimum absolute atomic E-state index is 0.0562. The van der Waals surface area contributed by atoms with Crippen molar-refractivity contribution < 1.29 is 32.2 Å². The Morgan fingerprint density at radius 1 is 1.11 bits per heavy atom. The second-order valence-corrected chi connectivity index (χ2v) is 9.47. The number of hydrogen-bond donors (Lipinski definition) is 1. The molecule has 10 heteroatoms. The molecule has 36 heavy (non-hydrogen) atoms. The average Bonchev–Trinajstić information content (AvgIpc) is 3.23. The van der Waals surface area contributed by atoms with Gasteiger partial charge < -0.3 is 14.8 Å². The molecule has 0 aliphatic carbocycles. The summed E-state index contributed by atoms with van der Waals surface area (Å²) in [6.07, 6.45) is -4.07. The highest BCUT2D eigenvalue weighted by molar-refractivity contribution is 7.14. The fourth-order valence-corrected chi connectivity index (χ4v) is 5.00. The van der Waals surface area contributed by atoms with E-state index in [0.717, 1.165) is 28.1 Å². The van der Waals surface area contributed by atoms with Crippen LogP contribution in [0.1, 0.15) is 51.5 Å². The van der Waals surface area contributed by atoms with Crippen LogP contribution in [0.25, 0.3) is 11.1 Å². The van der Waals surface area contributed by atoms with Gasteiger partial charge >= 0.3 is 12.1 Å². The van der Waals surface area contributed by atoms with Crippen molar-refractivity contribution in [1.82, 2.24) is 5.32 Å².